The first-order chi connectivity index (χ1) is 12.9. The van der Waals surface area contributed by atoms with Crippen LogP contribution in [0, 0.1) is 5.92 Å². The average Bonchev–Trinajstić information content (AvgIpc) is 2.68. The van der Waals surface area contributed by atoms with Crippen molar-refractivity contribution >= 4 is 10.0 Å². The van der Waals surface area contributed by atoms with Crippen LogP contribution in [0.1, 0.15) is 43.9 Å². The Morgan fingerprint density at radius 1 is 1.11 bits per heavy atom. The minimum atomic E-state index is -3.44. The molecule has 3 rings (SSSR count). The molecule has 0 amide bonds. The maximum absolute atomic E-state index is 12.5. The molecule has 2 heterocycles. The highest BCUT2D eigenvalue weighted by Gasteiger charge is 2.22. The molecule has 1 N–H and O–H groups in total. The molecule has 6 heteroatoms. The molecule has 27 heavy (non-hydrogen) atoms. The molecule has 0 atom stereocenters. The van der Waals surface area contributed by atoms with Crippen LogP contribution in [0.25, 0.3) is 0 Å². The van der Waals surface area contributed by atoms with Gasteiger partial charge in [0.1, 0.15) is 0 Å². The van der Waals surface area contributed by atoms with Gasteiger partial charge in [0.2, 0.25) is 10.0 Å². The van der Waals surface area contributed by atoms with Crippen molar-refractivity contribution in [2.45, 2.75) is 44.0 Å². The fourth-order valence-corrected chi connectivity index (χ4v) is 4.53. The lowest BCUT2D eigenvalue weighted by Crippen LogP contribution is -2.38. The Morgan fingerprint density at radius 3 is 2.41 bits per heavy atom. The fraction of sp³-hybridized carbons (Fsp3) is 0.476. The summed E-state index contributed by atoms with van der Waals surface area (Å²) < 4.78 is 27.9. The van der Waals surface area contributed by atoms with Gasteiger partial charge in [0.25, 0.3) is 0 Å². The summed E-state index contributed by atoms with van der Waals surface area (Å²) in [5, 5.41) is 0. The second-order valence-corrected chi connectivity index (χ2v) is 9.38. The Morgan fingerprint density at radius 2 is 1.81 bits per heavy atom. The highest BCUT2D eigenvalue weighted by atomic mass is 32.2. The molecule has 1 aromatic heterocycles. The topological polar surface area (TPSA) is 62.3 Å². The van der Waals surface area contributed by atoms with Gasteiger partial charge >= 0.3 is 0 Å². The van der Waals surface area contributed by atoms with Crippen molar-refractivity contribution < 1.29 is 8.42 Å². The molecule has 146 valence electrons. The smallest absolute Gasteiger partial charge is 0.240 e. The first kappa shape index (κ1) is 20.0. The number of nitrogens with one attached hydrogen (secondary N) is 1. The van der Waals surface area contributed by atoms with Crippen LogP contribution in [0.4, 0.5) is 0 Å². The Hall–Kier alpha value is -1.76. The van der Waals surface area contributed by atoms with Gasteiger partial charge < -0.3 is 0 Å². The minimum absolute atomic E-state index is 0.347. The van der Waals surface area contributed by atoms with E-state index in [0.29, 0.717) is 23.3 Å². The number of benzene rings is 1. The van der Waals surface area contributed by atoms with Gasteiger partial charge in [-0.05, 0) is 67.6 Å². The molecule has 0 spiro atoms. The second kappa shape index (κ2) is 8.95. The molecule has 0 aliphatic carbocycles. The summed E-state index contributed by atoms with van der Waals surface area (Å²) in [6, 6.07) is 13.2. The lowest BCUT2D eigenvalue weighted by molar-refractivity contribution is 0.177. The van der Waals surface area contributed by atoms with E-state index in [1.165, 1.54) is 0 Å². The van der Waals surface area contributed by atoms with Crippen molar-refractivity contribution in [3.8, 4) is 0 Å². The zero-order valence-electron chi connectivity index (χ0n) is 16.1. The molecule has 5 nitrogen and oxygen atoms in total. The lowest BCUT2D eigenvalue weighted by atomic mass is 9.97. The van der Waals surface area contributed by atoms with Crippen molar-refractivity contribution in [3.05, 3.63) is 59.9 Å². The van der Waals surface area contributed by atoms with Crippen LogP contribution in [0.5, 0.6) is 0 Å². The zero-order chi connectivity index (χ0) is 19.3. The first-order valence-electron chi connectivity index (χ1n) is 9.66. The molecule has 1 aliphatic rings. The second-order valence-electron chi connectivity index (χ2n) is 7.62. The molecule has 1 aliphatic heterocycles. The number of hydrogen-bond acceptors (Lipinski definition) is 4. The molecule has 1 saturated heterocycles. The largest absolute Gasteiger partial charge is 0.297 e. The van der Waals surface area contributed by atoms with Crippen LogP contribution in [0.2, 0.25) is 0 Å². The molecule has 0 saturated carbocycles. The number of piperidine rings is 1. The van der Waals surface area contributed by atoms with Crippen molar-refractivity contribution in [1.29, 1.82) is 0 Å². The van der Waals surface area contributed by atoms with Gasteiger partial charge in [0.05, 0.1) is 10.6 Å². The molecule has 1 fully saturated rings. The number of sulfonamides is 1. The highest BCUT2D eigenvalue weighted by Crippen LogP contribution is 2.20. The standard InChI is InChI=1S/C21H29N3O2S/c1-17(2)19-6-8-21(9-7-19)27(25,26)23-15-18-10-13-24(14-11-18)16-20-5-3-4-12-22-20/h3-9,12,17-18,23H,10-11,13-16H2,1-2H3. The van der Waals surface area contributed by atoms with Gasteiger partial charge in [0, 0.05) is 19.3 Å². The third kappa shape index (κ3) is 5.61. The third-order valence-corrected chi connectivity index (χ3v) is 6.68. The van der Waals surface area contributed by atoms with E-state index in [9.17, 15) is 8.42 Å². The van der Waals surface area contributed by atoms with E-state index in [1.807, 2.05) is 36.5 Å². The SMILES string of the molecule is CC(C)c1ccc(S(=O)(=O)NCC2CCN(Cc3ccccn3)CC2)cc1. The average molecular weight is 388 g/mol. The van der Waals surface area contributed by atoms with Crippen molar-refractivity contribution in [2.24, 2.45) is 5.92 Å². The van der Waals surface area contributed by atoms with E-state index in [4.69, 9.17) is 0 Å². The number of likely N-dealkylation sites (tertiary alicyclic amines) is 1. The van der Waals surface area contributed by atoms with Crippen LogP contribution in [0.15, 0.2) is 53.6 Å². The first-order valence-corrected chi connectivity index (χ1v) is 11.1. The van der Waals surface area contributed by atoms with Gasteiger partial charge in [-0.1, -0.05) is 32.0 Å². The molecule has 0 bridgehead atoms. The molecule has 0 radical (unpaired) electrons. The van der Waals surface area contributed by atoms with E-state index in [0.717, 1.165) is 43.7 Å². The summed E-state index contributed by atoms with van der Waals surface area (Å²) in [6.07, 6.45) is 3.83. The molecule has 2 aromatic rings. The Kier molecular flexibility index (Phi) is 6.63. The Bertz CT molecular complexity index is 812. The third-order valence-electron chi connectivity index (χ3n) is 5.24. The molecular weight excluding hydrogens is 358 g/mol. The monoisotopic (exact) mass is 387 g/mol. The van der Waals surface area contributed by atoms with Gasteiger partial charge in [0.15, 0.2) is 0 Å². The van der Waals surface area contributed by atoms with E-state index in [1.54, 1.807) is 12.1 Å². The van der Waals surface area contributed by atoms with Crippen molar-refractivity contribution in [2.75, 3.05) is 19.6 Å². The zero-order valence-corrected chi connectivity index (χ0v) is 17.0. The van der Waals surface area contributed by atoms with E-state index in [-0.39, 0.29) is 0 Å². The van der Waals surface area contributed by atoms with Crippen LogP contribution < -0.4 is 4.72 Å². The quantitative estimate of drug-likeness (QED) is 0.791. The minimum Gasteiger partial charge on any atom is -0.297 e. The van der Waals surface area contributed by atoms with E-state index >= 15 is 0 Å². The highest BCUT2D eigenvalue weighted by molar-refractivity contribution is 7.89. The van der Waals surface area contributed by atoms with Crippen LogP contribution in [0.3, 0.4) is 0 Å². The number of nitrogens with zero attached hydrogens (tertiary/aromatic N) is 2. The summed E-state index contributed by atoms with van der Waals surface area (Å²) >= 11 is 0. The number of pyridine rings is 1. The van der Waals surface area contributed by atoms with Gasteiger partial charge in [-0.25, -0.2) is 13.1 Å². The molecule has 0 unspecified atom stereocenters. The van der Waals surface area contributed by atoms with Crippen LogP contribution >= 0.6 is 0 Å². The van der Waals surface area contributed by atoms with Gasteiger partial charge in [-0.2, -0.15) is 0 Å². The van der Waals surface area contributed by atoms with E-state index in [2.05, 4.69) is 28.5 Å². The number of aromatic nitrogens is 1. The maximum Gasteiger partial charge on any atom is 0.240 e. The molecular formula is C21H29N3O2S. The van der Waals surface area contributed by atoms with E-state index < -0.39 is 10.0 Å². The maximum atomic E-state index is 12.5. The lowest BCUT2D eigenvalue weighted by Gasteiger charge is -2.31. The van der Waals surface area contributed by atoms with Crippen LogP contribution in [-0.2, 0) is 16.6 Å². The predicted octanol–water partition coefficient (Wildman–Crippen LogP) is 3.40. The van der Waals surface area contributed by atoms with Gasteiger partial charge in [-0.15, -0.1) is 0 Å². The summed E-state index contributed by atoms with van der Waals surface area (Å²) in [6.45, 7) is 7.52. The fourth-order valence-electron chi connectivity index (χ4n) is 3.41. The Balaban J connectivity index is 1.47. The van der Waals surface area contributed by atoms with Gasteiger partial charge in [-0.3, -0.25) is 9.88 Å². The van der Waals surface area contributed by atoms with Crippen molar-refractivity contribution in [3.63, 3.8) is 0 Å². The van der Waals surface area contributed by atoms with Crippen molar-refractivity contribution in [1.82, 2.24) is 14.6 Å². The summed E-state index contributed by atoms with van der Waals surface area (Å²) in [5.41, 5.74) is 2.23. The summed E-state index contributed by atoms with van der Waals surface area (Å²) in [4.78, 5) is 7.11. The summed E-state index contributed by atoms with van der Waals surface area (Å²) in [7, 11) is -3.44. The molecule has 1 aromatic carbocycles. The normalized spacial score (nSPS) is 16.7. The number of rotatable bonds is 7. The predicted molar refractivity (Wildman–Crippen MR) is 108 cm³/mol. The number of hydrogen-bond donors (Lipinski definition) is 1. The summed E-state index contributed by atoms with van der Waals surface area (Å²) in [5.74, 6) is 0.778. The Labute approximate surface area is 162 Å². The van der Waals surface area contributed by atoms with Crippen LogP contribution in [-0.4, -0.2) is 37.9 Å².